The molecule has 0 amide bonds. The number of fused-ring (bicyclic) bond motifs is 9. The molecule has 10 aromatic carbocycles. The van der Waals surface area contributed by atoms with Gasteiger partial charge >= 0.3 is 0 Å². The first kappa shape index (κ1) is 36.5. The maximum Gasteiger partial charge on any atom is 0.135 e. The monoisotopic (exact) mass is 815 g/mol. The number of hydrogen-bond donors (Lipinski definition) is 0. The summed E-state index contributed by atoms with van der Waals surface area (Å²) in [7, 11) is 0. The lowest BCUT2D eigenvalue weighted by molar-refractivity contribution is 0.667. The Bertz CT molecular complexity index is 3470. The molecule has 2 nitrogen and oxygen atoms in total. The van der Waals surface area contributed by atoms with Crippen molar-refractivity contribution in [1.82, 2.24) is 0 Å². The standard InChI is InChI=1S/C62H41NO/c1-5-21-42(22-6-1)61(43-23-7-2-8-24-43)53-34-18-15-31-49(53)59-54(61)35-19-37-56(59)63(45-27-11-4-12-28-45)46-39-40-57-50(41-46)60-55(36-20-38-58(60)64-57)62(44-25-9-3-10-26-44)51-32-16-13-29-47(51)48-30-14-17-33-52(48)62/h1-41H. The van der Waals surface area contributed by atoms with Crippen LogP contribution in [0.3, 0.4) is 0 Å². The van der Waals surface area contributed by atoms with E-state index in [1.165, 1.54) is 66.8 Å². The van der Waals surface area contributed by atoms with E-state index in [9.17, 15) is 0 Å². The molecule has 1 heterocycles. The Hall–Kier alpha value is -8.20. The summed E-state index contributed by atoms with van der Waals surface area (Å²) in [5.41, 5.74) is 18.9. The minimum atomic E-state index is -0.581. The number of rotatable bonds is 7. The van der Waals surface area contributed by atoms with Crippen LogP contribution in [0.25, 0.3) is 44.2 Å². The quantitative estimate of drug-likeness (QED) is 0.159. The molecule has 0 N–H and O–H groups in total. The number of anilines is 3. The first-order valence-corrected chi connectivity index (χ1v) is 22.2. The summed E-state index contributed by atoms with van der Waals surface area (Å²) in [6, 6.07) is 91.2. The van der Waals surface area contributed by atoms with Crippen molar-refractivity contribution in [2.24, 2.45) is 0 Å². The van der Waals surface area contributed by atoms with E-state index < -0.39 is 10.8 Å². The van der Waals surface area contributed by atoms with Gasteiger partial charge in [0.05, 0.1) is 16.5 Å². The van der Waals surface area contributed by atoms with Crippen LogP contribution in [0.5, 0.6) is 0 Å². The largest absolute Gasteiger partial charge is 0.456 e. The van der Waals surface area contributed by atoms with Crippen LogP contribution in [0, 0.1) is 0 Å². The fraction of sp³-hybridized carbons (Fsp3) is 0.0323. The Morgan fingerprint density at radius 3 is 1.39 bits per heavy atom. The van der Waals surface area contributed by atoms with Crippen LogP contribution < -0.4 is 4.90 Å². The van der Waals surface area contributed by atoms with E-state index in [0.717, 1.165) is 39.0 Å². The van der Waals surface area contributed by atoms with Gasteiger partial charge in [-0.15, -0.1) is 0 Å². The van der Waals surface area contributed by atoms with Crippen molar-refractivity contribution in [3.8, 4) is 22.3 Å². The van der Waals surface area contributed by atoms with Gasteiger partial charge in [-0.1, -0.05) is 206 Å². The summed E-state index contributed by atoms with van der Waals surface area (Å²) in [4.78, 5) is 2.45. The summed E-state index contributed by atoms with van der Waals surface area (Å²) in [5, 5.41) is 2.20. The van der Waals surface area contributed by atoms with Crippen LogP contribution in [0.2, 0.25) is 0 Å². The second kappa shape index (κ2) is 14.2. The van der Waals surface area contributed by atoms with Gasteiger partial charge in [-0.05, 0) is 104 Å². The highest BCUT2D eigenvalue weighted by atomic mass is 16.3. The summed E-state index contributed by atoms with van der Waals surface area (Å²) >= 11 is 0. The number of benzene rings is 10. The summed E-state index contributed by atoms with van der Waals surface area (Å²) in [6.07, 6.45) is 0. The summed E-state index contributed by atoms with van der Waals surface area (Å²) < 4.78 is 6.88. The fourth-order valence-corrected chi connectivity index (χ4v) is 11.6. The number of hydrogen-bond acceptors (Lipinski definition) is 2. The first-order chi connectivity index (χ1) is 31.8. The molecule has 0 saturated heterocycles. The second-order valence-corrected chi connectivity index (χ2v) is 17.1. The third-order valence-corrected chi connectivity index (χ3v) is 14.0. The van der Waals surface area contributed by atoms with Crippen molar-refractivity contribution in [1.29, 1.82) is 0 Å². The predicted octanol–water partition coefficient (Wildman–Crippen LogP) is 15.8. The molecule has 0 radical (unpaired) electrons. The summed E-state index contributed by atoms with van der Waals surface area (Å²) in [6.45, 7) is 0. The third-order valence-electron chi connectivity index (χ3n) is 14.0. The van der Waals surface area contributed by atoms with Gasteiger partial charge in [0.2, 0.25) is 0 Å². The van der Waals surface area contributed by atoms with Gasteiger partial charge in [0.15, 0.2) is 0 Å². The Balaban J connectivity index is 1.10. The molecule has 11 aromatic rings. The maximum atomic E-state index is 6.88. The molecule has 0 bridgehead atoms. The van der Waals surface area contributed by atoms with Gasteiger partial charge in [0.1, 0.15) is 11.2 Å². The van der Waals surface area contributed by atoms with E-state index in [2.05, 4.69) is 254 Å². The van der Waals surface area contributed by atoms with Crippen molar-refractivity contribution < 1.29 is 4.42 Å². The van der Waals surface area contributed by atoms with Crippen molar-refractivity contribution in [3.05, 3.63) is 293 Å². The van der Waals surface area contributed by atoms with Gasteiger partial charge < -0.3 is 9.32 Å². The first-order valence-electron chi connectivity index (χ1n) is 22.2. The minimum Gasteiger partial charge on any atom is -0.456 e. The molecular weight excluding hydrogens is 775 g/mol. The average Bonchev–Trinajstić information content (AvgIpc) is 4.01. The van der Waals surface area contributed by atoms with Crippen molar-refractivity contribution >= 4 is 39.0 Å². The van der Waals surface area contributed by atoms with E-state index >= 15 is 0 Å². The van der Waals surface area contributed by atoms with Gasteiger partial charge in [-0.2, -0.15) is 0 Å². The lowest BCUT2D eigenvalue weighted by Crippen LogP contribution is -2.28. The Morgan fingerprint density at radius 1 is 0.312 bits per heavy atom. The van der Waals surface area contributed by atoms with Gasteiger partial charge in [-0.25, -0.2) is 0 Å². The molecular formula is C62H41NO. The smallest absolute Gasteiger partial charge is 0.135 e. The van der Waals surface area contributed by atoms with E-state index in [-0.39, 0.29) is 0 Å². The molecule has 2 aliphatic carbocycles. The van der Waals surface area contributed by atoms with Crippen LogP contribution in [0.15, 0.2) is 253 Å². The molecule has 300 valence electrons. The van der Waals surface area contributed by atoms with Crippen LogP contribution in [0.1, 0.15) is 44.5 Å². The highest BCUT2D eigenvalue weighted by Gasteiger charge is 2.49. The third kappa shape index (κ3) is 4.97. The van der Waals surface area contributed by atoms with Gasteiger partial charge in [-0.3, -0.25) is 0 Å². The van der Waals surface area contributed by atoms with Gasteiger partial charge in [0, 0.05) is 27.7 Å². The number of para-hydroxylation sites is 1. The molecule has 1 aromatic heterocycles. The molecule has 0 saturated carbocycles. The SMILES string of the molecule is c1ccc(N(c2ccc3oc4cccc(C5(c6ccccc6)c6ccccc6-c6ccccc65)c4c3c2)c2cccc3c2-c2ccccc2C3(c2ccccc2)c2ccccc2)cc1. The molecule has 2 heteroatoms. The summed E-state index contributed by atoms with van der Waals surface area (Å²) in [5.74, 6) is 0. The molecule has 0 fully saturated rings. The number of furan rings is 1. The van der Waals surface area contributed by atoms with E-state index in [1.807, 2.05) is 0 Å². The highest BCUT2D eigenvalue weighted by Crippen LogP contribution is 2.61. The van der Waals surface area contributed by atoms with Crippen molar-refractivity contribution in [2.45, 2.75) is 10.8 Å². The molecule has 64 heavy (non-hydrogen) atoms. The second-order valence-electron chi connectivity index (χ2n) is 17.1. The normalized spacial score (nSPS) is 13.9. The zero-order chi connectivity index (χ0) is 42.2. The minimum absolute atomic E-state index is 0.522. The lowest BCUT2D eigenvalue weighted by atomic mass is 9.66. The van der Waals surface area contributed by atoms with Crippen LogP contribution in [-0.2, 0) is 10.8 Å². The van der Waals surface area contributed by atoms with E-state index in [1.54, 1.807) is 0 Å². The molecule has 0 aliphatic heterocycles. The van der Waals surface area contributed by atoms with Crippen LogP contribution >= 0.6 is 0 Å². The topological polar surface area (TPSA) is 16.4 Å². The van der Waals surface area contributed by atoms with Crippen molar-refractivity contribution in [3.63, 3.8) is 0 Å². The zero-order valence-electron chi connectivity index (χ0n) is 35.0. The van der Waals surface area contributed by atoms with Crippen molar-refractivity contribution in [2.75, 3.05) is 4.90 Å². The molecule has 0 spiro atoms. The fourth-order valence-electron chi connectivity index (χ4n) is 11.6. The maximum absolute atomic E-state index is 6.88. The Morgan fingerprint density at radius 2 is 0.781 bits per heavy atom. The molecule has 2 aliphatic rings. The number of nitrogens with zero attached hydrogens (tertiary/aromatic N) is 1. The van der Waals surface area contributed by atoms with E-state index in [0.29, 0.717) is 0 Å². The van der Waals surface area contributed by atoms with E-state index in [4.69, 9.17) is 4.42 Å². The highest BCUT2D eigenvalue weighted by molar-refractivity contribution is 6.10. The van der Waals surface area contributed by atoms with Crippen LogP contribution in [0.4, 0.5) is 17.1 Å². The zero-order valence-corrected chi connectivity index (χ0v) is 35.0. The predicted molar refractivity (Wildman–Crippen MR) is 263 cm³/mol. The molecule has 13 rings (SSSR count). The lowest BCUT2D eigenvalue weighted by Gasteiger charge is -2.34. The van der Waals surface area contributed by atoms with Crippen LogP contribution in [-0.4, -0.2) is 0 Å². The Labute approximate surface area is 373 Å². The Kier molecular flexibility index (Phi) is 8.07. The average molecular weight is 816 g/mol. The van der Waals surface area contributed by atoms with Gasteiger partial charge in [0.25, 0.3) is 0 Å². The molecule has 0 atom stereocenters. The molecule has 0 unspecified atom stereocenters.